The van der Waals surface area contributed by atoms with E-state index in [4.69, 9.17) is 0 Å². The smallest absolute Gasteiger partial charge is 0.330 e. The van der Waals surface area contributed by atoms with Crippen LogP contribution in [0.15, 0.2) is 41.8 Å². The van der Waals surface area contributed by atoms with Gasteiger partial charge in [-0.05, 0) is 25.5 Å². The van der Waals surface area contributed by atoms with Gasteiger partial charge in [0.1, 0.15) is 6.33 Å². The molecule has 0 bridgehead atoms. The Kier molecular flexibility index (Phi) is 3.79. The second-order valence-electron chi connectivity index (χ2n) is 6.06. The average molecular weight is 338 g/mol. The highest BCUT2D eigenvalue weighted by Crippen LogP contribution is 2.25. The van der Waals surface area contributed by atoms with Crippen LogP contribution in [0.1, 0.15) is 29.7 Å². The van der Waals surface area contributed by atoms with Crippen molar-refractivity contribution < 1.29 is 4.79 Å². The van der Waals surface area contributed by atoms with E-state index in [1.54, 1.807) is 20.2 Å². The molecule has 3 aromatic heterocycles. The highest BCUT2D eigenvalue weighted by molar-refractivity contribution is 5.93. The lowest BCUT2D eigenvalue weighted by Crippen LogP contribution is -2.32. The number of nitrogens with zero attached hydrogens (tertiary/aromatic N) is 6. The van der Waals surface area contributed by atoms with Gasteiger partial charge in [-0.25, -0.2) is 19.7 Å². The van der Waals surface area contributed by atoms with Crippen LogP contribution in [-0.4, -0.2) is 48.0 Å². The van der Waals surface area contributed by atoms with Gasteiger partial charge in [0.05, 0.1) is 17.1 Å². The van der Waals surface area contributed by atoms with Crippen LogP contribution >= 0.6 is 0 Å². The average Bonchev–Trinajstić information content (AvgIpc) is 3.23. The van der Waals surface area contributed by atoms with Gasteiger partial charge < -0.3 is 4.90 Å². The number of imidazole rings is 1. The Hall–Kier alpha value is -3.03. The summed E-state index contributed by atoms with van der Waals surface area (Å²) >= 11 is 0. The lowest BCUT2D eigenvalue weighted by atomic mass is 10.2. The van der Waals surface area contributed by atoms with E-state index in [2.05, 4.69) is 15.0 Å². The van der Waals surface area contributed by atoms with Crippen LogP contribution in [0.4, 0.5) is 0 Å². The van der Waals surface area contributed by atoms with Crippen molar-refractivity contribution in [2.75, 3.05) is 13.1 Å². The third-order valence-electron chi connectivity index (χ3n) is 4.66. The van der Waals surface area contributed by atoms with Crippen molar-refractivity contribution in [2.45, 2.75) is 25.9 Å². The van der Waals surface area contributed by atoms with Gasteiger partial charge in [-0.1, -0.05) is 0 Å². The summed E-state index contributed by atoms with van der Waals surface area (Å²) < 4.78 is 3.45. The van der Waals surface area contributed by atoms with Crippen molar-refractivity contribution in [3.05, 3.63) is 53.1 Å². The normalized spacial score (nSPS) is 17.3. The summed E-state index contributed by atoms with van der Waals surface area (Å²) in [6, 6.07) is 3.66. The van der Waals surface area contributed by atoms with E-state index in [9.17, 15) is 9.59 Å². The largest absolute Gasteiger partial charge is 0.336 e. The Morgan fingerprint density at radius 1 is 1.32 bits per heavy atom. The molecule has 0 aliphatic carbocycles. The number of hydrogen-bond donors (Lipinski definition) is 0. The third-order valence-corrected chi connectivity index (χ3v) is 4.66. The summed E-state index contributed by atoms with van der Waals surface area (Å²) in [5.74, 6) is -0.108. The molecule has 8 heteroatoms. The van der Waals surface area contributed by atoms with E-state index in [0.717, 1.165) is 11.9 Å². The van der Waals surface area contributed by atoms with Crippen LogP contribution in [0.25, 0.3) is 11.2 Å². The molecule has 0 unspecified atom stereocenters. The molecule has 1 fully saturated rings. The molecule has 1 atom stereocenters. The summed E-state index contributed by atoms with van der Waals surface area (Å²) in [5.41, 5.74) is 1.90. The van der Waals surface area contributed by atoms with Gasteiger partial charge in [0.2, 0.25) is 0 Å². The highest BCUT2D eigenvalue weighted by atomic mass is 16.2. The fraction of sp³-hybridized carbons (Fsp3) is 0.353. The Labute approximate surface area is 143 Å². The standard InChI is InChI=1S/C17H18N6O2/c1-2-22-14-4-3-6-20-15(14)23(17(22)25)13-5-7-21(10-13)16(24)12-8-18-11-19-9-12/h3-4,6,8-9,11,13H,2,5,7,10H2,1H3/t13-/m1/s1. The monoisotopic (exact) mass is 338 g/mol. The van der Waals surface area contributed by atoms with Gasteiger partial charge in [-0.15, -0.1) is 0 Å². The van der Waals surface area contributed by atoms with Crippen LogP contribution in [0.3, 0.4) is 0 Å². The Bertz CT molecular complexity index is 978. The molecule has 4 heterocycles. The zero-order chi connectivity index (χ0) is 17.4. The van der Waals surface area contributed by atoms with Crippen molar-refractivity contribution in [3.63, 3.8) is 0 Å². The van der Waals surface area contributed by atoms with E-state index < -0.39 is 0 Å². The third kappa shape index (κ3) is 2.50. The highest BCUT2D eigenvalue weighted by Gasteiger charge is 2.31. The van der Waals surface area contributed by atoms with Gasteiger partial charge in [0, 0.05) is 38.2 Å². The molecule has 25 heavy (non-hydrogen) atoms. The molecule has 3 aromatic rings. The van der Waals surface area contributed by atoms with Crippen molar-refractivity contribution in [1.82, 2.24) is 29.0 Å². The van der Waals surface area contributed by atoms with Gasteiger partial charge in [-0.3, -0.25) is 13.9 Å². The quantitative estimate of drug-likeness (QED) is 0.714. The molecule has 1 aliphatic rings. The number of hydrogen-bond acceptors (Lipinski definition) is 5. The molecule has 1 amide bonds. The first-order chi connectivity index (χ1) is 12.2. The van der Waals surface area contributed by atoms with E-state index in [0.29, 0.717) is 30.8 Å². The molecule has 0 N–H and O–H groups in total. The zero-order valence-corrected chi connectivity index (χ0v) is 13.9. The van der Waals surface area contributed by atoms with E-state index in [-0.39, 0.29) is 17.6 Å². The maximum absolute atomic E-state index is 12.8. The number of pyridine rings is 1. The Balaban J connectivity index is 1.67. The van der Waals surface area contributed by atoms with Gasteiger partial charge in [0.15, 0.2) is 5.65 Å². The first kappa shape index (κ1) is 15.5. The van der Waals surface area contributed by atoms with Crippen molar-refractivity contribution >= 4 is 17.1 Å². The Morgan fingerprint density at radius 3 is 2.88 bits per heavy atom. The zero-order valence-electron chi connectivity index (χ0n) is 13.9. The second-order valence-corrected chi connectivity index (χ2v) is 6.06. The number of fused-ring (bicyclic) bond motifs is 1. The number of carbonyl (C=O) groups is 1. The fourth-order valence-electron chi connectivity index (χ4n) is 3.47. The number of aromatic nitrogens is 5. The fourth-order valence-corrected chi connectivity index (χ4v) is 3.47. The molecule has 128 valence electrons. The van der Waals surface area contributed by atoms with Gasteiger partial charge in [-0.2, -0.15) is 0 Å². The summed E-state index contributed by atoms with van der Waals surface area (Å²) in [5, 5.41) is 0. The van der Waals surface area contributed by atoms with Crippen molar-refractivity contribution in [3.8, 4) is 0 Å². The number of likely N-dealkylation sites (tertiary alicyclic amines) is 1. The summed E-state index contributed by atoms with van der Waals surface area (Å²) in [6.45, 7) is 3.60. The van der Waals surface area contributed by atoms with Crippen molar-refractivity contribution in [1.29, 1.82) is 0 Å². The predicted molar refractivity (Wildman–Crippen MR) is 91.3 cm³/mol. The van der Waals surface area contributed by atoms with E-state index >= 15 is 0 Å². The first-order valence-corrected chi connectivity index (χ1v) is 8.30. The molecule has 1 saturated heterocycles. The number of carbonyl (C=O) groups excluding carboxylic acids is 1. The van der Waals surface area contributed by atoms with E-state index in [1.807, 2.05) is 19.1 Å². The molecule has 1 aliphatic heterocycles. The summed E-state index contributed by atoms with van der Waals surface area (Å²) in [4.78, 5) is 39.3. The molecule has 4 rings (SSSR count). The predicted octanol–water partition coefficient (Wildman–Crippen LogP) is 1.10. The summed E-state index contributed by atoms with van der Waals surface area (Å²) in [7, 11) is 0. The SMILES string of the molecule is CCn1c(=O)n([C@@H]2CCN(C(=O)c3cncnc3)C2)c2ncccc21. The topological polar surface area (TPSA) is 85.9 Å². The van der Waals surface area contributed by atoms with Crippen LogP contribution in [0.5, 0.6) is 0 Å². The molecule has 0 aromatic carbocycles. The molecular weight excluding hydrogens is 320 g/mol. The molecule has 0 saturated carbocycles. The molecule has 8 nitrogen and oxygen atoms in total. The maximum atomic E-state index is 12.8. The molecule has 0 radical (unpaired) electrons. The Morgan fingerprint density at radius 2 is 2.12 bits per heavy atom. The number of aryl methyl sites for hydroxylation is 1. The van der Waals surface area contributed by atoms with Gasteiger partial charge >= 0.3 is 5.69 Å². The lowest BCUT2D eigenvalue weighted by Gasteiger charge is -2.16. The van der Waals surface area contributed by atoms with Gasteiger partial charge in [0.25, 0.3) is 5.91 Å². The molecule has 0 spiro atoms. The van der Waals surface area contributed by atoms with Crippen LogP contribution in [-0.2, 0) is 6.54 Å². The van der Waals surface area contributed by atoms with Crippen LogP contribution in [0, 0.1) is 0 Å². The lowest BCUT2D eigenvalue weighted by molar-refractivity contribution is 0.0786. The first-order valence-electron chi connectivity index (χ1n) is 8.30. The van der Waals surface area contributed by atoms with Crippen molar-refractivity contribution in [2.24, 2.45) is 0 Å². The van der Waals surface area contributed by atoms with Crippen LogP contribution < -0.4 is 5.69 Å². The minimum atomic E-state index is -0.108. The minimum Gasteiger partial charge on any atom is -0.336 e. The number of amides is 1. The maximum Gasteiger partial charge on any atom is 0.330 e. The summed E-state index contributed by atoms with van der Waals surface area (Å²) in [6.07, 6.45) is 6.84. The number of rotatable bonds is 3. The van der Waals surface area contributed by atoms with Crippen LogP contribution in [0.2, 0.25) is 0 Å². The minimum absolute atomic E-state index is 0.0708. The molecular formula is C17H18N6O2. The second kappa shape index (κ2) is 6.12. The van der Waals surface area contributed by atoms with E-state index in [1.165, 1.54) is 18.7 Å².